The lowest BCUT2D eigenvalue weighted by atomic mass is 10.1. The molecular formula is C19H24N4O3. The van der Waals surface area contributed by atoms with E-state index < -0.39 is 0 Å². The summed E-state index contributed by atoms with van der Waals surface area (Å²) in [5.41, 5.74) is 1.43. The third kappa shape index (κ3) is 4.62. The van der Waals surface area contributed by atoms with Gasteiger partial charge in [0, 0.05) is 24.7 Å². The summed E-state index contributed by atoms with van der Waals surface area (Å²) in [4.78, 5) is 24.2. The number of amides is 2. The molecule has 1 aliphatic rings. The average Bonchev–Trinajstić information content (AvgIpc) is 3.23. The fourth-order valence-corrected chi connectivity index (χ4v) is 3.10. The van der Waals surface area contributed by atoms with Gasteiger partial charge in [-0.15, -0.1) is 0 Å². The van der Waals surface area contributed by atoms with Crippen LogP contribution in [0.1, 0.15) is 41.7 Å². The van der Waals surface area contributed by atoms with Crippen LogP contribution in [-0.4, -0.2) is 34.2 Å². The molecule has 0 bridgehead atoms. The van der Waals surface area contributed by atoms with Crippen molar-refractivity contribution in [3.05, 3.63) is 41.6 Å². The molecule has 3 rings (SSSR count). The number of aryl methyl sites for hydroxylation is 2. The van der Waals surface area contributed by atoms with E-state index in [1.54, 1.807) is 42.1 Å². The molecule has 0 aliphatic heterocycles. The quantitative estimate of drug-likeness (QED) is 0.832. The van der Waals surface area contributed by atoms with Crippen molar-refractivity contribution in [1.29, 1.82) is 0 Å². The molecule has 7 nitrogen and oxygen atoms in total. The smallest absolute Gasteiger partial charge is 0.263 e. The number of ether oxygens (including phenoxy) is 1. The van der Waals surface area contributed by atoms with E-state index in [0.29, 0.717) is 17.1 Å². The van der Waals surface area contributed by atoms with Gasteiger partial charge in [0.25, 0.3) is 11.8 Å². The number of aromatic nitrogens is 2. The van der Waals surface area contributed by atoms with Crippen molar-refractivity contribution in [2.75, 3.05) is 11.9 Å². The molecule has 1 fully saturated rings. The average molecular weight is 356 g/mol. The Balaban J connectivity index is 1.48. The first-order chi connectivity index (χ1) is 12.5. The van der Waals surface area contributed by atoms with Crippen LogP contribution < -0.4 is 15.4 Å². The lowest BCUT2D eigenvalue weighted by molar-refractivity contribution is -0.118. The van der Waals surface area contributed by atoms with Gasteiger partial charge in [0.05, 0.1) is 5.69 Å². The normalized spacial score (nSPS) is 14.2. The fraction of sp³-hybridized carbons (Fsp3) is 0.421. The van der Waals surface area contributed by atoms with Crippen LogP contribution in [0.5, 0.6) is 5.75 Å². The van der Waals surface area contributed by atoms with E-state index in [0.717, 1.165) is 18.5 Å². The molecule has 2 amide bonds. The Morgan fingerprint density at radius 2 is 1.92 bits per heavy atom. The van der Waals surface area contributed by atoms with Gasteiger partial charge in [-0.2, -0.15) is 5.10 Å². The van der Waals surface area contributed by atoms with Crippen LogP contribution in [0, 0.1) is 6.92 Å². The standard InChI is InChI=1S/C19H24N4O3/c1-13-11-17(23(2)22-13)21-18(24)12-26-16-9-7-14(8-10-16)19(25)20-15-5-3-4-6-15/h7-11,15H,3-6,12H2,1-2H3,(H,20,25)(H,21,24). The van der Waals surface area contributed by atoms with E-state index in [1.807, 2.05) is 6.92 Å². The van der Waals surface area contributed by atoms with Crippen molar-refractivity contribution in [3.8, 4) is 5.75 Å². The molecule has 1 saturated carbocycles. The van der Waals surface area contributed by atoms with E-state index in [2.05, 4.69) is 15.7 Å². The van der Waals surface area contributed by atoms with Crippen molar-refractivity contribution >= 4 is 17.6 Å². The molecule has 1 heterocycles. The van der Waals surface area contributed by atoms with Crippen LogP contribution in [0.2, 0.25) is 0 Å². The minimum atomic E-state index is -0.268. The number of rotatable bonds is 6. The summed E-state index contributed by atoms with van der Waals surface area (Å²) in [5, 5.41) is 9.96. The Morgan fingerprint density at radius 3 is 2.54 bits per heavy atom. The van der Waals surface area contributed by atoms with E-state index in [9.17, 15) is 9.59 Å². The second-order valence-corrected chi connectivity index (χ2v) is 6.61. The monoisotopic (exact) mass is 356 g/mol. The molecule has 0 saturated heterocycles. The van der Waals surface area contributed by atoms with Crippen LogP contribution in [0.15, 0.2) is 30.3 Å². The maximum atomic E-state index is 12.2. The number of carbonyl (C=O) groups excluding carboxylic acids is 2. The second kappa shape index (κ2) is 8.03. The summed E-state index contributed by atoms with van der Waals surface area (Å²) in [6.45, 7) is 1.74. The first-order valence-corrected chi connectivity index (χ1v) is 8.85. The lowest BCUT2D eigenvalue weighted by Crippen LogP contribution is -2.32. The van der Waals surface area contributed by atoms with Crippen LogP contribution in [0.25, 0.3) is 0 Å². The van der Waals surface area contributed by atoms with E-state index in [4.69, 9.17) is 4.74 Å². The first kappa shape index (κ1) is 18.0. The Kier molecular flexibility index (Phi) is 5.55. The minimum absolute atomic E-state index is 0.0622. The molecule has 1 aromatic carbocycles. The fourth-order valence-electron chi connectivity index (χ4n) is 3.10. The minimum Gasteiger partial charge on any atom is -0.484 e. The first-order valence-electron chi connectivity index (χ1n) is 8.85. The van der Waals surface area contributed by atoms with Gasteiger partial charge >= 0.3 is 0 Å². The highest BCUT2D eigenvalue weighted by Crippen LogP contribution is 2.19. The molecule has 138 valence electrons. The molecule has 0 atom stereocenters. The van der Waals surface area contributed by atoms with Gasteiger partial charge in [-0.3, -0.25) is 14.3 Å². The van der Waals surface area contributed by atoms with Crippen molar-refractivity contribution in [2.45, 2.75) is 38.6 Å². The zero-order chi connectivity index (χ0) is 18.5. The Labute approximate surface area is 152 Å². The molecule has 0 radical (unpaired) electrons. The van der Waals surface area contributed by atoms with Gasteiger partial charge in [0.15, 0.2) is 6.61 Å². The van der Waals surface area contributed by atoms with Gasteiger partial charge in [0.2, 0.25) is 0 Å². The molecule has 0 spiro atoms. The van der Waals surface area contributed by atoms with Crippen molar-refractivity contribution in [3.63, 3.8) is 0 Å². The molecule has 1 aromatic heterocycles. The highest BCUT2D eigenvalue weighted by atomic mass is 16.5. The molecule has 1 aliphatic carbocycles. The topological polar surface area (TPSA) is 85.2 Å². The highest BCUT2D eigenvalue weighted by Gasteiger charge is 2.18. The summed E-state index contributed by atoms with van der Waals surface area (Å²) in [6, 6.07) is 8.90. The maximum Gasteiger partial charge on any atom is 0.263 e. The van der Waals surface area contributed by atoms with E-state index in [1.165, 1.54) is 12.8 Å². The second-order valence-electron chi connectivity index (χ2n) is 6.61. The zero-order valence-electron chi connectivity index (χ0n) is 15.1. The number of hydrogen-bond acceptors (Lipinski definition) is 4. The van der Waals surface area contributed by atoms with Crippen LogP contribution in [-0.2, 0) is 11.8 Å². The number of hydrogen-bond donors (Lipinski definition) is 2. The van der Waals surface area contributed by atoms with Gasteiger partial charge in [0.1, 0.15) is 11.6 Å². The Bertz CT molecular complexity index is 777. The number of benzene rings is 1. The van der Waals surface area contributed by atoms with Gasteiger partial charge in [-0.05, 0) is 44.0 Å². The predicted octanol–water partition coefficient (Wildman–Crippen LogP) is 2.42. The van der Waals surface area contributed by atoms with Crippen LogP contribution >= 0.6 is 0 Å². The highest BCUT2D eigenvalue weighted by molar-refractivity contribution is 5.94. The molecule has 0 unspecified atom stereocenters. The third-order valence-electron chi connectivity index (χ3n) is 4.45. The molecular weight excluding hydrogens is 332 g/mol. The van der Waals surface area contributed by atoms with Crippen molar-refractivity contribution < 1.29 is 14.3 Å². The maximum absolute atomic E-state index is 12.2. The SMILES string of the molecule is Cc1cc(NC(=O)COc2ccc(C(=O)NC3CCCC3)cc2)n(C)n1. The van der Waals surface area contributed by atoms with Crippen molar-refractivity contribution in [1.82, 2.24) is 15.1 Å². The molecule has 2 aromatic rings. The van der Waals surface area contributed by atoms with Crippen LogP contribution in [0.4, 0.5) is 5.82 Å². The largest absolute Gasteiger partial charge is 0.484 e. The lowest BCUT2D eigenvalue weighted by Gasteiger charge is -2.12. The third-order valence-corrected chi connectivity index (χ3v) is 4.45. The van der Waals surface area contributed by atoms with E-state index >= 15 is 0 Å². The summed E-state index contributed by atoms with van der Waals surface area (Å²) in [7, 11) is 1.76. The number of nitrogens with one attached hydrogen (secondary N) is 2. The number of anilines is 1. The van der Waals surface area contributed by atoms with Gasteiger partial charge < -0.3 is 15.4 Å². The molecule has 26 heavy (non-hydrogen) atoms. The van der Waals surface area contributed by atoms with Crippen LogP contribution in [0.3, 0.4) is 0 Å². The zero-order valence-corrected chi connectivity index (χ0v) is 15.1. The van der Waals surface area contributed by atoms with E-state index in [-0.39, 0.29) is 24.5 Å². The summed E-state index contributed by atoms with van der Waals surface area (Å²) in [6.07, 6.45) is 4.47. The van der Waals surface area contributed by atoms with Gasteiger partial charge in [-0.25, -0.2) is 0 Å². The summed E-state index contributed by atoms with van der Waals surface area (Å²) < 4.78 is 7.08. The van der Waals surface area contributed by atoms with Crippen molar-refractivity contribution in [2.24, 2.45) is 7.05 Å². The summed E-state index contributed by atoms with van der Waals surface area (Å²) >= 11 is 0. The molecule has 2 N–H and O–H groups in total. The van der Waals surface area contributed by atoms with Gasteiger partial charge in [-0.1, -0.05) is 12.8 Å². The Morgan fingerprint density at radius 1 is 1.23 bits per heavy atom. The summed E-state index contributed by atoms with van der Waals surface area (Å²) in [5.74, 6) is 0.831. The number of carbonyl (C=O) groups is 2. The molecule has 7 heteroatoms. The predicted molar refractivity (Wildman–Crippen MR) is 98.2 cm³/mol. The Hall–Kier alpha value is -2.83. The number of nitrogens with zero attached hydrogens (tertiary/aromatic N) is 2.